The molecule has 3 aromatic rings. The van der Waals surface area contributed by atoms with Crippen molar-refractivity contribution < 1.29 is 31.8 Å². The number of para-hydroxylation sites is 2. The Morgan fingerprint density at radius 3 is 2.35 bits per heavy atom. The van der Waals surface area contributed by atoms with Crippen LogP contribution in [0.25, 0.3) is 5.69 Å². The van der Waals surface area contributed by atoms with Crippen LogP contribution in [0.3, 0.4) is 0 Å². The smallest absolute Gasteiger partial charge is 0.431 e. The van der Waals surface area contributed by atoms with Crippen molar-refractivity contribution in [3.05, 3.63) is 79.8 Å². The lowest BCUT2D eigenvalue weighted by atomic mass is 10.2. The first-order valence-electron chi connectivity index (χ1n) is 10.9. The first kappa shape index (κ1) is 27.8. The first-order valence-corrected chi connectivity index (χ1v) is 11.2. The lowest BCUT2D eigenvalue weighted by Gasteiger charge is -2.16. The van der Waals surface area contributed by atoms with Gasteiger partial charge in [0.05, 0.1) is 10.7 Å². The van der Waals surface area contributed by atoms with E-state index in [4.69, 9.17) is 21.1 Å². The Bertz CT molecular complexity index is 1430. The van der Waals surface area contributed by atoms with Crippen LogP contribution in [0.1, 0.15) is 19.5 Å². The van der Waals surface area contributed by atoms with Gasteiger partial charge in [0.1, 0.15) is 17.3 Å². The number of hydrogen-bond donors (Lipinski definition) is 1. The third-order valence-corrected chi connectivity index (χ3v) is 5.28. The van der Waals surface area contributed by atoms with Crippen LogP contribution in [0.5, 0.6) is 17.2 Å². The summed E-state index contributed by atoms with van der Waals surface area (Å²) in [4.78, 5) is 37.0. The predicted octanol–water partition coefficient (Wildman–Crippen LogP) is 4.29. The molecular formula is C24H22ClF4N3O5. The number of nitrogens with one attached hydrogen (secondary N) is 1. The Kier molecular flexibility index (Phi) is 8.32. The van der Waals surface area contributed by atoms with Crippen molar-refractivity contribution in [3.8, 4) is 22.9 Å². The van der Waals surface area contributed by atoms with Crippen LogP contribution < -0.4 is 26.0 Å². The van der Waals surface area contributed by atoms with E-state index in [2.05, 4.69) is 5.32 Å². The van der Waals surface area contributed by atoms with Gasteiger partial charge < -0.3 is 14.8 Å². The second-order valence-corrected chi connectivity index (χ2v) is 8.72. The Hall–Kier alpha value is -3.80. The summed E-state index contributed by atoms with van der Waals surface area (Å²) < 4.78 is 65.9. The number of hydrogen-bond acceptors (Lipinski definition) is 5. The van der Waals surface area contributed by atoms with Gasteiger partial charge in [0.25, 0.3) is 11.5 Å². The molecule has 3 rings (SSSR count). The van der Waals surface area contributed by atoms with Crippen LogP contribution >= 0.6 is 11.6 Å². The topological polar surface area (TPSA) is 91.6 Å². The maximum absolute atomic E-state index is 14.8. The molecule has 37 heavy (non-hydrogen) atoms. The Morgan fingerprint density at radius 1 is 1.08 bits per heavy atom. The second-order valence-electron chi connectivity index (χ2n) is 8.31. The van der Waals surface area contributed by atoms with Crippen molar-refractivity contribution in [1.29, 1.82) is 0 Å². The Labute approximate surface area is 213 Å². The largest absolute Gasteiger partial charge is 0.480 e. The molecule has 1 amide bonds. The van der Waals surface area contributed by atoms with Crippen molar-refractivity contribution in [3.63, 3.8) is 0 Å². The minimum Gasteiger partial charge on any atom is -0.480 e. The molecule has 0 bridgehead atoms. The monoisotopic (exact) mass is 543 g/mol. The standard InChI is InChI=1S/C24H22ClF4N3O5/c1-13(2)11-30-21(33)12-36-17-6-4-5-7-18(17)37-19-9-16(15(26)8-14(19)25)32-22(34)10-20(24(27,28)29)31(3)23(32)35/h4-10,13H,11-12H2,1-3H3,(H,30,33). The molecule has 198 valence electrons. The summed E-state index contributed by atoms with van der Waals surface area (Å²) in [6, 6.07) is 7.98. The fraction of sp³-hybridized carbons (Fsp3) is 0.292. The molecule has 1 aromatic heterocycles. The number of carbonyl (C=O) groups excluding carboxylic acids is 1. The Balaban J connectivity index is 1.97. The molecule has 0 radical (unpaired) electrons. The van der Waals surface area contributed by atoms with E-state index in [1.54, 1.807) is 12.1 Å². The molecule has 0 aliphatic heterocycles. The summed E-state index contributed by atoms with van der Waals surface area (Å²) in [6.45, 7) is 3.99. The molecule has 2 aromatic carbocycles. The first-order chi connectivity index (χ1) is 17.3. The molecule has 0 fully saturated rings. The van der Waals surface area contributed by atoms with Crippen molar-refractivity contribution in [2.75, 3.05) is 13.2 Å². The van der Waals surface area contributed by atoms with Gasteiger partial charge in [0, 0.05) is 25.7 Å². The number of nitrogens with zero attached hydrogens (tertiary/aromatic N) is 2. The van der Waals surface area contributed by atoms with Crippen LogP contribution in [-0.2, 0) is 18.0 Å². The zero-order chi connectivity index (χ0) is 27.5. The fourth-order valence-corrected chi connectivity index (χ4v) is 3.36. The Morgan fingerprint density at radius 2 is 1.73 bits per heavy atom. The molecule has 0 spiro atoms. The summed E-state index contributed by atoms with van der Waals surface area (Å²) >= 11 is 6.10. The maximum atomic E-state index is 14.8. The second kappa shape index (κ2) is 11.1. The number of benzene rings is 2. The molecule has 1 heterocycles. The van der Waals surface area contributed by atoms with Gasteiger partial charge in [-0.1, -0.05) is 37.6 Å². The lowest BCUT2D eigenvalue weighted by molar-refractivity contribution is -0.144. The van der Waals surface area contributed by atoms with Crippen molar-refractivity contribution in [1.82, 2.24) is 14.5 Å². The van der Waals surface area contributed by atoms with Gasteiger partial charge in [-0.2, -0.15) is 13.2 Å². The van der Waals surface area contributed by atoms with Crippen molar-refractivity contribution in [2.45, 2.75) is 20.0 Å². The van der Waals surface area contributed by atoms with E-state index in [9.17, 15) is 31.9 Å². The number of alkyl halides is 3. The number of aromatic nitrogens is 2. The average Bonchev–Trinajstić information content (AvgIpc) is 2.81. The summed E-state index contributed by atoms with van der Waals surface area (Å²) in [6.07, 6.45) is -4.98. The number of ether oxygens (including phenoxy) is 2. The molecule has 8 nitrogen and oxygen atoms in total. The highest BCUT2D eigenvalue weighted by Crippen LogP contribution is 2.37. The van der Waals surface area contributed by atoms with Crippen molar-refractivity contribution in [2.24, 2.45) is 13.0 Å². The van der Waals surface area contributed by atoms with E-state index in [1.165, 1.54) is 12.1 Å². The van der Waals surface area contributed by atoms with Gasteiger partial charge in [-0.3, -0.25) is 14.2 Å². The SMILES string of the molecule is CC(C)CNC(=O)COc1ccccc1Oc1cc(-n2c(=O)cc(C(F)(F)F)n(C)c2=O)c(F)cc1Cl. The third-order valence-electron chi connectivity index (χ3n) is 4.99. The minimum absolute atomic E-state index is 0.0614. The summed E-state index contributed by atoms with van der Waals surface area (Å²) in [7, 11) is 0.803. The highest BCUT2D eigenvalue weighted by Gasteiger charge is 2.35. The molecule has 0 saturated heterocycles. The van der Waals surface area contributed by atoms with Gasteiger partial charge >= 0.3 is 11.9 Å². The highest BCUT2D eigenvalue weighted by atomic mass is 35.5. The van der Waals surface area contributed by atoms with Crippen molar-refractivity contribution >= 4 is 17.5 Å². The van der Waals surface area contributed by atoms with Crippen LogP contribution in [0, 0.1) is 11.7 Å². The van der Waals surface area contributed by atoms with E-state index in [1.807, 2.05) is 13.8 Å². The van der Waals surface area contributed by atoms with Crippen LogP contribution in [0.15, 0.2) is 52.1 Å². The highest BCUT2D eigenvalue weighted by molar-refractivity contribution is 6.32. The maximum Gasteiger partial charge on any atom is 0.431 e. The summed E-state index contributed by atoms with van der Waals surface area (Å²) in [5.74, 6) is -1.32. The average molecular weight is 544 g/mol. The van der Waals surface area contributed by atoms with E-state index in [-0.39, 0.29) is 55.9 Å². The van der Waals surface area contributed by atoms with Gasteiger partial charge in [-0.15, -0.1) is 0 Å². The number of amides is 1. The molecule has 1 N–H and O–H groups in total. The zero-order valence-corrected chi connectivity index (χ0v) is 20.6. The fourth-order valence-electron chi connectivity index (χ4n) is 3.17. The summed E-state index contributed by atoms with van der Waals surface area (Å²) in [5, 5.41) is 2.43. The molecule has 0 aliphatic carbocycles. The van der Waals surface area contributed by atoms with Gasteiger partial charge in [0.15, 0.2) is 18.1 Å². The van der Waals surface area contributed by atoms with Gasteiger partial charge in [-0.05, 0) is 24.1 Å². The molecule has 0 unspecified atom stereocenters. The molecular weight excluding hydrogens is 522 g/mol. The molecule has 0 saturated carbocycles. The van der Waals surface area contributed by atoms with Crippen LogP contribution in [0.2, 0.25) is 5.02 Å². The quantitative estimate of drug-likeness (QED) is 0.428. The lowest BCUT2D eigenvalue weighted by Crippen LogP contribution is -2.41. The molecule has 13 heteroatoms. The molecule has 0 atom stereocenters. The predicted molar refractivity (Wildman–Crippen MR) is 127 cm³/mol. The van der Waals surface area contributed by atoms with E-state index in [0.29, 0.717) is 6.54 Å². The minimum atomic E-state index is -4.98. The zero-order valence-electron chi connectivity index (χ0n) is 19.9. The van der Waals surface area contributed by atoms with Crippen LogP contribution in [-0.4, -0.2) is 28.2 Å². The van der Waals surface area contributed by atoms with E-state index < -0.39 is 34.6 Å². The van der Waals surface area contributed by atoms with Gasteiger partial charge in [0.2, 0.25) is 0 Å². The summed E-state index contributed by atoms with van der Waals surface area (Å²) in [5.41, 5.74) is -5.00. The van der Waals surface area contributed by atoms with E-state index >= 15 is 0 Å². The normalized spacial score (nSPS) is 11.5. The third kappa shape index (κ3) is 6.50. The number of rotatable bonds is 8. The molecule has 0 aliphatic rings. The van der Waals surface area contributed by atoms with Crippen LogP contribution in [0.4, 0.5) is 17.6 Å². The van der Waals surface area contributed by atoms with E-state index in [0.717, 1.165) is 19.2 Å². The van der Waals surface area contributed by atoms with Gasteiger partial charge in [-0.25, -0.2) is 13.8 Å². The number of halogens is 5. The number of carbonyl (C=O) groups is 1.